The molecule has 10 heteroatoms. The van der Waals surface area contributed by atoms with Gasteiger partial charge in [-0.2, -0.15) is 10.2 Å². The highest BCUT2D eigenvalue weighted by Crippen LogP contribution is 2.22. The summed E-state index contributed by atoms with van der Waals surface area (Å²) in [5, 5.41) is 9.54. The predicted octanol–water partition coefficient (Wildman–Crippen LogP) is -0.442. The topological polar surface area (TPSA) is 139 Å². The van der Waals surface area contributed by atoms with E-state index in [1.165, 1.54) is 13.3 Å². The van der Waals surface area contributed by atoms with Gasteiger partial charge in [0.1, 0.15) is 17.2 Å². The molecule has 10 nitrogen and oxygen atoms in total. The second-order valence-corrected chi connectivity index (χ2v) is 4.85. The molecular formula is C15H17N5O5. The molecule has 1 amide bonds. The molecule has 0 unspecified atom stereocenters. The first-order chi connectivity index (χ1) is 12.0. The number of nitrogens with one attached hydrogen (secondary N) is 3. The van der Waals surface area contributed by atoms with Crippen molar-refractivity contribution < 1.29 is 14.3 Å². The van der Waals surface area contributed by atoms with Crippen LogP contribution in [0, 0.1) is 0 Å². The summed E-state index contributed by atoms with van der Waals surface area (Å²) < 4.78 is 10.3. The maximum Gasteiger partial charge on any atom is 0.342 e. The quantitative estimate of drug-likeness (QED) is 0.458. The average molecular weight is 347 g/mol. The van der Waals surface area contributed by atoms with E-state index in [1.54, 1.807) is 25.3 Å². The van der Waals surface area contributed by atoms with Gasteiger partial charge in [0, 0.05) is 24.5 Å². The molecule has 1 heterocycles. The Labute approximate surface area is 141 Å². The van der Waals surface area contributed by atoms with Crippen molar-refractivity contribution in [2.24, 2.45) is 5.10 Å². The number of carbonyl (C=O) groups excluding carboxylic acids is 1. The van der Waals surface area contributed by atoms with E-state index in [-0.39, 0.29) is 18.5 Å². The van der Waals surface area contributed by atoms with Gasteiger partial charge in [-0.3, -0.25) is 14.6 Å². The summed E-state index contributed by atoms with van der Waals surface area (Å²) in [6.45, 7) is 0. The van der Waals surface area contributed by atoms with Gasteiger partial charge in [-0.1, -0.05) is 0 Å². The molecule has 2 rings (SSSR count). The molecule has 0 atom stereocenters. The average Bonchev–Trinajstić information content (AvgIpc) is 2.61. The molecule has 0 saturated heterocycles. The van der Waals surface area contributed by atoms with Crippen molar-refractivity contribution in [1.29, 1.82) is 0 Å². The Morgan fingerprint density at radius 2 is 2.12 bits per heavy atom. The number of benzene rings is 1. The smallest absolute Gasteiger partial charge is 0.342 e. The highest BCUT2D eigenvalue weighted by molar-refractivity contribution is 5.85. The Hall–Kier alpha value is -3.43. The third-order valence-corrected chi connectivity index (χ3v) is 3.20. The van der Waals surface area contributed by atoms with Crippen molar-refractivity contribution in [3.63, 3.8) is 0 Å². The van der Waals surface area contributed by atoms with Gasteiger partial charge in [-0.25, -0.2) is 15.3 Å². The van der Waals surface area contributed by atoms with Gasteiger partial charge >= 0.3 is 5.69 Å². The summed E-state index contributed by atoms with van der Waals surface area (Å²) in [6, 6.07) is 5.16. The van der Waals surface area contributed by atoms with Gasteiger partial charge in [0.2, 0.25) is 5.91 Å². The first-order valence-corrected chi connectivity index (χ1v) is 7.25. The fourth-order valence-corrected chi connectivity index (χ4v) is 1.93. The van der Waals surface area contributed by atoms with E-state index in [0.717, 1.165) is 0 Å². The third kappa shape index (κ3) is 5.03. The summed E-state index contributed by atoms with van der Waals surface area (Å²) in [5.74, 6) is 0.772. The molecule has 132 valence electrons. The van der Waals surface area contributed by atoms with E-state index >= 15 is 0 Å². The Kier molecular flexibility index (Phi) is 6.04. The molecule has 3 N–H and O–H groups in total. The zero-order valence-electron chi connectivity index (χ0n) is 13.7. The Morgan fingerprint density at radius 1 is 1.32 bits per heavy atom. The number of rotatable bonds is 7. The number of hydrogen-bond acceptors (Lipinski definition) is 7. The predicted molar refractivity (Wildman–Crippen MR) is 89.1 cm³/mol. The lowest BCUT2D eigenvalue weighted by Gasteiger charge is -2.06. The lowest BCUT2D eigenvalue weighted by molar-refractivity contribution is -0.121. The van der Waals surface area contributed by atoms with E-state index in [0.29, 0.717) is 17.1 Å². The molecule has 0 saturated carbocycles. The number of H-pyrrole nitrogens is 2. The number of nitrogens with zero attached hydrogens (tertiary/aromatic N) is 2. The van der Waals surface area contributed by atoms with Crippen LogP contribution in [-0.4, -0.2) is 41.5 Å². The maximum atomic E-state index is 11.8. The van der Waals surface area contributed by atoms with E-state index in [9.17, 15) is 14.4 Å². The van der Waals surface area contributed by atoms with Crippen LogP contribution in [0.2, 0.25) is 0 Å². The molecular weight excluding hydrogens is 330 g/mol. The normalized spacial score (nSPS) is 10.6. The molecule has 0 radical (unpaired) electrons. The van der Waals surface area contributed by atoms with Gasteiger partial charge in [0.15, 0.2) is 0 Å². The molecule has 1 aromatic heterocycles. The summed E-state index contributed by atoms with van der Waals surface area (Å²) in [6.07, 6.45) is 1.49. The maximum absolute atomic E-state index is 11.8. The van der Waals surface area contributed by atoms with Gasteiger partial charge in [-0.15, -0.1) is 0 Å². The van der Waals surface area contributed by atoms with Crippen LogP contribution in [0.5, 0.6) is 11.5 Å². The molecule has 1 aromatic carbocycles. The van der Waals surface area contributed by atoms with Crippen LogP contribution in [0.4, 0.5) is 0 Å². The molecule has 0 aliphatic heterocycles. The van der Waals surface area contributed by atoms with Crippen molar-refractivity contribution in [1.82, 2.24) is 20.6 Å². The number of carbonyl (C=O) groups is 1. The Morgan fingerprint density at radius 3 is 2.80 bits per heavy atom. The summed E-state index contributed by atoms with van der Waals surface area (Å²) in [5.41, 5.74) is 1.74. The van der Waals surface area contributed by atoms with Crippen molar-refractivity contribution in [3.8, 4) is 11.5 Å². The largest absolute Gasteiger partial charge is 0.497 e. The van der Waals surface area contributed by atoms with Crippen molar-refractivity contribution in [3.05, 3.63) is 50.3 Å². The van der Waals surface area contributed by atoms with Crippen LogP contribution in [0.3, 0.4) is 0 Å². The Balaban J connectivity index is 1.92. The van der Waals surface area contributed by atoms with Crippen molar-refractivity contribution in [2.45, 2.75) is 12.8 Å². The summed E-state index contributed by atoms with van der Waals surface area (Å²) >= 11 is 0. The number of hydrogen-bond donors (Lipinski definition) is 3. The minimum atomic E-state index is -0.698. The lowest BCUT2D eigenvalue weighted by Crippen LogP contribution is -2.28. The van der Waals surface area contributed by atoms with Crippen LogP contribution >= 0.6 is 0 Å². The number of amides is 1. The van der Waals surface area contributed by atoms with Crippen LogP contribution in [0.25, 0.3) is 0 Å². The van der Waals surface area contributed by atoms with Gasteiger partial charge in [-0.05, 0) is 12.1 Å². The van der Waals surface area contributed by atoms with Gasteiger partial charge < -0.3 is 9.47 Å². The van der Waals surface area contributed by atoms with Crippen molar-refractivity contribution in [2.75, 3.05) is 14.2 Å². The van der Waals surface area contributed by atoms with E-state index in [4.69, 9.17) is 9.47 Å². The summed E-state index contributed by atoms with van der Waals surface area (Å²) in [4.78, 5) is 36.1. The molecule has 0 aliphatic rings. The molecule has 25 heavy (non-hydrogen) atoms. The third-order valence-electron chi connectivity index (χ3n) is 3.20. The van der Waals surface area contributed by atoms with E-state index in [2.05, 4.69) is 20.7 Å². The second-order valence-electron chi connectivity index (χ2n) is 4.85. The standard InChI is InChI=1S/C15H17N5O5/c1-24-10-4-3-9(12(7-10)25-2)8-16-19-13(21)6-5-11-14(22)17-15(23)20-18-11/h3-4,7-8H,5-6H2,1-2H3,(H,19,21)(H2,17,20,22,23)/b16-8-. The molecule has 0 aliphatic carbocycles. The van der Waals surface area contributed by atoms with E-state index < -0.39 is 17.2 Å². The number of ether oxygens (including phenoxy) is 2. The van der Waals surface area contributed by atoms with Crippen LogP contribution < -0.4 is 26.1 Å². The molecule has 0 spiro atoms. The monoisotopic (exact) mass is 347 g/mol. The molecule has 0 bridgehead atoms. The van der Waals surface area contributed by atoms with Gasteiger partial charge in [0.05, 0.1) is 20.4 Å². The highest BCUT2D eigenvalue weighted by atomic mass is 16.5. The lowest BCUT2D eigenvalue weighted by atomic mass is 10.2. The first-order valence-electron chi connectivity index (χ1n) is 7.25. The number of hydrazone groups is 1. The SMILES string of the molecule is COc1ccc(/C=N\NC(=O)CCc2n[nH]c(=O)[nH]c2=O)c(OC)c1. The van der Waals surface area contributed by atoms with Crippen LogP contribution in [0.1, 0.15) is 17.7 Å². The molecule has 2 aromatic rings. The number of aryl methyl sites for hydroxylation is 1. The number of aromatic amines is 2. The van der Waals surface area contributed by atoms with Crippen LogP contribution in [0.15, 0.2) is 32.9 Å². The highest BCUT2D eigenvalue weighted by Gasteiger charge is 2.07. The number of aromatic nitrogens is 3. The van der Waals surface area contributed by atoms with Crippen molar-refractivity contribution >= 4 is 12.1 Å². The fraction of sp³-hybridized carbons (Fsp3) is 0.267. The zero-order chi connectivity index (χ0) is 18.2. The fourth-order valence-electron chi connectivity index (χ4n) is 1.93. The minimum Gasteiger partial charge on any atom is -0.497 e. The Bertz CT molecular complexity index is 886. The minimum absolute atomic E-state index is 0.0147. The van der Waals surface area contributed by atoms with Crippen LogP contribution in [-0.2, 0) is 11.2 Å². The molecule has 0 fully saturated rings. The summed E-state index contributed by atoms with van der Waals surface area (Å²) in [7, 11) is 3.06. The van der Waals surface area contributed by atoms with E-state index in [1.807, 2.05) is 4.98 Å². The first kappa shape index (κ1) is 17.9. The second kappa shape index (κ2) is 8.43. The zero-order valence-corrected chi connectivity index (χ0v) is 13.7. The number of methoxy groups -OCH3 is 2. The van der Waals surface area contributed by atoms with Gasteiger partial charge in [0.25, 0.3) is 5.56 Å².